The van der Waals surface area contributed by atoms with Crippen molar-refractivity contribution in [1.82, 2.24) is 5.32 Å². The molecule has 2 amide bonds. The molecule has 1 aromatic carbocycles. The van der Waals surface area contributed by atoms with Gasteiger partial charge in [0.25, 0.3) is 5.91 Å². The molecule has 2 saturated carbocycles. The zero-order chi connectivity index (χ0) is 18.7. The van der Waals surface area contributed by atoms with E-state index in [2.05, 4.69) is 26.1 Å². The highest BCUT2D eigenvalue weighted by molar-refractivity contribution is 6.31. The van der Waals surface area contributed by atoms with Crippen LogP contribution in [0.3, 0.4) is 0 Å². The first kappa shape index (κ1) is 17.7. The molecule has 1 aromatic rings. The maximum absolute atomic E-state index is 12.8. The van der Waals surface area contributed by atoms with Crippen LogP contribution in [0.25, 0.3) is 0 Å². The van der Waals surface area contributed by atoms with Crippen LogP contribution in [0.1, 0.15) is 40.0 Å². The predicted octanol–water partition coefficient (Wildman–Crippen LogP) is 3.40. The number of nitrogens with one attached hydrogen (secondary N) is 1. The summed E-state index contributed by atoms with van der Waals surface area (Å²) in [5.41, 5.74) is 0.909. The first-order valence-electron chi connectivity index (χ1n) is 9.24. The summed E-state index contributed by atoms with van der Waals surface area (Å²) in [4.78, 5) is 26.5. The lowest BCUT2D eigenvalue weighted by molar-refractivity contribution is -0.126. The Labute approximate surface area is 159 Å². The van der Waals surface area contributed by atoms with Gasteiger partial charge >= 0.3 is 0 Å². The maximum Gasteiger partial charge on any atom is 0.265 e. The number of benzene rings is 1. The van der Waals surface area contributed by atoms with Crippen LogP contribution in [0.4, 0.5) is 5.69 Å². The molecular weight excluding hydrogens is 352 g/mol. The molecule has 0 aromatic heterocycles. The van der Waals surface area contributed by atoms with E-state index in [1.807, 2.05) is 0 Å². The fourth-order valence-corrected chi connectivity index (χ4v) is 5.32. The summed E-state index contributed by atoms with van der Waals surface area (Å²) in [6, 6.07) is 5.28. The van der Waals surface area contributed by atoms with Crippen molar-refractivity contribution in [2.24, 2.45) is 16.7 Å². The zero-order valence-corrected chi connectivity index (χ0v) is 16.2. The molecule has 0 radical (unpaired) electrons. The molecule has 5 nitrogen and oxygen atoms in total. The third-order valence-corrected chi connectivity index (χ3v) is 7.53. The van der Waals surface area contributed by atoms with Crippen LogP contribution in [-0.2, 0) is 9.59 Å². The summed E-state index contributed by atoms with van der Waals surface area (Å²) < 4.78 is 5.44. The SMILES string of the molecule is CC1(C)[C@H]2CC[C@@]1(C)[C@H](NC(=O)CN1C(=O)COc3ccc(Cl)cc31)C2. The second-order valence-corrected chi connectivity index (χ2v) is 9.05. The minimum atomic E-state index is -0.227. The van der Waals surface area contributed by atoms with Gasteiger partial charge in [0, 0.05) is 11.1 Å². The Bertz CT molecular complexity index is 778. The minimum absolute atomic E-state index is 0.00674. The number of nitrogens with zero attached hydrogens (tertiary/aromatic N) is 1. The van der Waals surface area contributed by atoms with Gasteiger partial charge in [-0.05, 0) is 54.2 Å². The van der Waals surface area contributed by atoms with Crippen LogP contribution >= 0.6 is 11.6 Å². The van der Waals surface area contributed by atoms with Crippen molar-refractivity contribution in [3.05, 3.63) is 23.2 Å². The predicted molar refractivity (Wildman–Crippen MR) is 100 cm³/mol. The van der Waals surface area contributed by atoms with E-state index in [4.69, 9.17) is 16.3 Å². The molecule has 3 atom stereocenters. The first-order chi connectivity index (χ1) is 12.2. The quantitative estimate of drug-likeness (QED) is 0.879. The second-order valence-electron chi connectivity index (χ2n) is 8.61. The Balaban J connectivity index is 1.50. The van der Waals surface area contributed by atoms with Crippen LogP contribution in [0.15, 0.2) is 18.2 Å². The third kappa shape index (κ3) is 2.51. The highest BCUT2D eigenvalue weighted by Crippen LogP contribution is 2.65. The van der Waals surface area contributed by atoms with E-state index < -0.39 is 0 Å². The van der Waals surface area contributed by atoms with Crippen molar-refractivity contribution in [1.29, 1.82) is 0 Å². The molecule has 1 N–H and O–H groups in total. The fourth-order valence-electron chi connectivity index (χ4n) is 5.15. The lowest BCUT2D eigenvalue weighted by Crippen LogP contribution is -2.51. The average Bonchev–Trinajstić information content (AvgIpc) is 2.91. The summed E-state index contributed by atoms with van der Waals surface area (Å²) in [6.45, 7) is 6.87. The monoisotopic (exact) mass is 376 g/mol. The number of carbonyl (C=O) groups is 2. The van der Waals surface area contributed by atoms with Gasteiger partial charge < -0.3 is 10.1 Å². The highest BCUT2D eigenvalue weighted by atomic mass is 35.5. The fraction of sp³-hybridized carbons (Fsp3) is 0.600. The molecule has 2 aliphatic carbocycles. The number of anilines is 1. The molecular formula is C20H25ClN2O3. The number of ether oxygens (including phenoxy) is 1. The molecule has 0 saturated heterocycles. The van der Waals surface area contributed by atoms with Crippen LogP contribution in [0, 0.1) is 16.7 Å². The molecule has 3 aliphatic rings. The second kappa shape index (κ2) is 5.88. The van der Waals surface area contributed by atoms with Crippen molar-refractivity contribution in [3.63, 3.8) is 0 Å². The Morgan fingerprint density at radius 2 is 2.15 bits per heavy atom. The van der Waals surface area contributed by atoms with Crippen LogP contribution in [0.5, 0.6) is 5.75 Å². The topological polar surface area (TPSA) is 58.6 Å². The number of hydrogen-bond acceptors (Lipinski definition) is 3. The highest BCUT2D eigenvalue weighted by Gasteiger charge is 2.61. The first-order valence-corrected chi connectivity index (χ1v) is 9.62. The van der Waals surface area contributed by atoms with Gasteiger partial charge in [0.05, 0.1) is 5.69 Å². The molecule has 140 valence electrons. The van der Waals surface area contributed by atoms with E-state index >= 15 is 0 Å². The van der Waals surface area contributed by atoms with Gasteiger partial charge in [0.2, 0.25) is 5.91 Å². The van der Waals surface area contributed by atoms with Crippen molar-refractivity contribution >= 4 is 29.1 Å². The number of amides is 2. The molecule has 6 heteroatoms. The maximum atomic E-state index is 12.8. The number of rotatable bonds is 3. The molecule has 1 aliphatic heterocycles. The number of halogens is 1. The Kier molecular flexibility index (Phi) is 3.99. The summed E-state index contributed by atoms with van der Waals surface area (Å²) >= 11 is 6.06. The van der Waals surface area contributed by atoms with E-state index in [9.17, 15) is 9.59 Å². The number of fused-ring (bicyclic) bond motifs is 3. The van der Waals surface area contributed by atoms with E-state index in [1.54, 1.807) is 18.2 Å². The summed E-state index contributed by atoms with van der Waals surface area (Å²) in [7, 11) is 0. The van der Waals surface area contributed by atoms with Crippen LogP contribution in [-0.4, -0.2) is 31.0 Å². The molecule has 0 unspecified atom stereocenters. The van der Waals surface area contributed by atoms with Crippen molar-refractivity contribution in [3.8, 4) is 5.75 Å². The standard InChI is InChI=1S/C20H25ClN2O3/c1-19(2)12-6-7-20(19,3)16(8-12)22-17(24)10-23-14-9-13(21)4-5-15(14)26-11-18(23)25/h4-5,9,12,16H,6-8,10-11H2,1-3H3,(H,22,24)/t12-,16+,20-/m0/s1. The lowest BCUT2D eigenvalue weighted by Gasteiger charge is -2.39. The normalized spacial score (nSPS) is 31.5. The average molecular weight is 377 g/mol. The zero-order valence-electron chi connectivity index (χ0n) is 15.5. The smallest absolute Gasteiger partial charge is 0.265 e. The minimum Gasteiger partial charge on any atom is -0.482 e. The summed E-state index contributed by atoms with van der Waals surface area (Å²) in [6.07, 6.45) is 3.41. The van der Waals surface area contributed by atoms with E-state index in [1.165, 1.54) is 11.3 Å². The van der Waals surface area contributed by atoms with Gasteiger partial charge in [0.1, 0.15) is 12.3 Å². The molecule has 1 heterocycles. The summed E-state index contributed by atoms with van der Waals surface area (Å²) in [5, 5.41) is 3.72. The molecule has 2 bridgehead atoms. The van der Waals surface area contributed by atoms with E-state index in [-0.39, 0.29) is 41.8 Å². The lowest BCUT2D eigenvalue weighted by atomic mass is 9.69. The van der Waals surface area contributed by atoms with Gasteiger partial charge in [-0.2, -0.15) is 0 Å². The van der Waals surface area contributed by atoms with Gasteiger partial charge in [0.15, 0.2) is 6.61 Å². The number of hydrogen-bond donors (Lipinski definition) is 1. The van der Waals surface area contributed by atoms with Gasteiger partial charge in [-0.15, -0.1) is 0 Å². The molecule has 4 rings (SSSR count). The van der Waals surface area contributed by atoms with E-state index in [0.717, 1.165) is 12.8 Å². The Hall–Kier alpha value is -1.75. The summed E-state index contributed by atoms with van der Waals surface area (Å²) in [5.74, 6) is 0.882. The van der Waals surface area contributed by atoms with Crippen molar-refractivity contribution < 1.29 is 14.3 Å². The van der Waals surface area contributed by atoms with Crippen molar-refractivity contribution in [2.45, 2.75) is 46.1 Å². The third-order valence-electron chi connectivity index (χ3n) is 7.29. The van der Waals surface area contributed by atoms with Crippen molar-refractivity contribution in [2.75, 3.05) is 18.1 Å². The molecule has 26 heavy (non-hydrogen) atoms. The molecule has 0 spiro atoms. The van der Waals surface area contributed by atoms with Crippen LogP contribution in [0.2, 0.25) is 5.02 Å². The Morgan fingerprint density at radius 3 is 2.81 bits per heavy atom. The van der Waals surface area contributed by atoms with Crippen LogP contribution < -0.4 is 15.0 Å². The van der Waals surface area contributed by atoms with E-state index in [0.29, 0.717) is 22.4 Å². The molecule has 2 fully saturated rings. The largest absolute Gasteiger partial charge is 0.482 e. The Morgan fingerprint density at radius 1 is 1.38 bits per heavy atom. The van der Waals surface area contributed by atoms with Gasteiger partial charge in [-0.25, -0.2) is 0 Å². The number of carbonyl (C=O) groups excluding carboxylic acids is 2. The van der Waals surface area contributed by atoms with Gasteiger partial charge in [-0.1, -0.05) is 32.4 Å². The van der Waals surface area contributed by atoms with Gasteiger partial charge in [-0.3, -0.25) is 14.5 Å².